The summed E-state index contributed by atoms with van der Waals surface area (Å²) in [6.45, 7) is 10.3. The van der Waals surface area contributed by atoms with Crippen LogP contribution in [0.3, 0.4) is 0 Å². The molecule has 0 aliphatic rings. The standard InChI is InChI=1S/C19H33N3O2/c1-5-23-12-7-6-11-21-19(20-4)22-14-17-9-8-10-18(13-17)24-15-16(2)3/h8-10,13,16H,5-7,11-12,14-15H2,1-4H3,(H2,20,21,22). The van der Waals surface area contributed by atoms with Crippen molar-refractivity contribution in [2.75, 3.05) is 33.4 Å². The lowest BCUT2D eigenvalue weighted by Gasteiger charge is -2.13. The molecular weight excluding hydrogens is 302 g/mol. The van der Waals surface area contributed by atoms with Gasteiger partial charge in [-0.25, -0.2) is 0 Å². The van der Waals surface area contributed by atoms with Crippen molar-refractivity contribution in [1.29, 1.82) is 0 Å². The predicted octanol–water partition coefficient (Wildman–Crippen LogP) is 3.20. The zero-order valence-corrected chi connectivity index (χ0v) is 15.6. The van der Waals surface area contributed by atoms with E-state index in [2.05, 4.69) is 41.6 Å². The molecule has 0 fully saturated rings. The van der Waals surface area contributed by atoms with Gasteiger partial charge < -0.3 is 20.1 Å². The van der Waals surface area contributed by atoms with E-state index in [0.717, 1.165) is 57.5 Å². The molecule has 0 heterocycles. The van der Waals surface area contributed by atoms with Crippen molar-refractivity contribution in [3.05, 3.63) is 29.8 Å². The number of unbranched alkanes of at least 4 members (excludes halogenated alkanes) is 1. The molecule has 5 heteroatoms. The number of hydrogen-bond donors (Lipinski definition) is 2. The smallest absolute Gasteiger partial charge is 0.191 e. The van der Waals surface area contributed by atoms with Gasteiger partial charge in [0.2, 0.25) is 0 Å². The average Bonchev–Trinajstić information content (AvgIpc) is 2.59. The van der Waals surface area contributed by atoms with Gasteiger partial charge in [0, 0.05) is 33.4 Å². The summed E-state index contributed by atoms with van der Waals surface area (Å²) in [4.78, 5) is 4.25. The first-order valence-corrected chi connectivity index (χ1v) is 8.89. The van der Waals surface area contributed by atoms with Crippen LogP contribution in [0.25, 0.3) is 0 Å². The number of aliphatic imine (C=N–C) groups is 1. The largest absolute Gasteiger partial charge is 0.493 e. The molecule has 0 radical (unpaired) electrons. The van der Waals surface area contributed by atoms with Gasteiger partial charge in [-0.3, -0.25) is 4.99 Å². The highest BCUT2D eigenvalue weighted by Gasteiger charge is 2.01. The van der Waals surface area contributed by atoms with E-state index < -0.39 is 0 Å². The first kappa shape index (κ1) is 20.3. The highest BCUT2D eigenvalue weighted by Crippen LogP contribution is 2.14. The Balaban J connectivity index is 2.31. The fourth-order valence-corrected chi connectivity index (χ4v) is 2.09. The molecule has 0 bridgehead atoms. The van der Waals surface area contributed by atoms with Gasteiger partial charge in [0.1, 0.15) is 5.75 Å². The van der Waals surface area contributed by atoms with Crippen LogP contribution in [0.5, 0.6) is 5.75 Å². The second-order valence-electron chi connectivity index (χ2n) is 6.11. The van der Waals surface area contributed by atoms with Crippen molar-refractivity contribution in [3.63, 3.8) is 0 Å². The molecule has 0 aliphatic carbocycles. The second kappa shape index (κ2) is 12.6. The highest BCUT2D eigenvalue weighted by atomic mass is 16.5. The van der Waals surface area contributed by atoms with Gasteiger partial charge in [-0.2, -0.15) is 0 Å². The summed E-state index contributed by atoms with van der Waals surface area (Å²) in [5.41, 5.74) is 1.18. The molecule has 5 nitrogen and oxygen atoms in total. The molecular formula is C19H33N3O2. The summed E-state index contributed by atoms with van der Waals surface area (Å²) in [6, 6.07) is 8.18. The zero-order chi connectivity index (χ0) is 17.6. The third-order valence-corrected chi connectivity index (χ3v) is 3.38. The zero-order valence-electron chi connectivity index (χ0n) is 15.6. The van der Waals surface area contributed by atoms with Gasteiger partial charge in [0.05, 0.1) is 6.61 Å². The molecule has 0 unspecified atom stereocenters. The number of nitrogens with one attached hydrogen (secondary N) is 2. The summed E-state index contributed by atoms with van der Waals surface area (Å²) in [5, 5.41) is 6.66. The van der Waals surface area contributed by atoms with Crippen LogP contribution in [0.15, 0.2) is 29.3 Å². The minimum Gasteiger partial charge on any atom is -0.493 e. The normalized spacial score (nSPS) is 11.6. The maximum Gasteiger partial charge on any atom is 0.191 e. The van der Waals surface area contributed by atoms with E-state index in [4.69, 9.17) is 9.47 Å². The second-order valence-corrected chi connectivity index (χ2v) is 6.11. The number of ether oxygens (including phenoxy) is 2. The van der Waals surface area contributed by atoms with Crippen LogP contribution >= 0.6 is 0 Å². The fraction of sp³-hybridized carbons (Fsp3) is 0.632. The van der Waals surface area contributed by atoms with Crippen molar-refractivity contribution in [3.8, 4) is 5.75 Å². The van der Waals surface area contributed by atoms with Crippen molar-refractivity contribution in [2.45, 2.75) is 40.2 Å². The number of rotatable bonds is 11. The lowest BCUT2D eigenvalue weighted by atomic mass is 10.2. The third-order valence-electron chi connectivity index (χ3n) is 3.38. The quantitative estimate of drug-likeness (QED) is 0.370. The monoisotopic (exact) mass is 335 g/mol. The SMILES string of the molecule is CCOCCCCNC(=NC)NCc1cccc(OCC(C)C)c1. The molecule has 136 valence electrons. The Morgan fingerprint density at radius 3 is 2.75 bits per heavy atom. The van der Waals surface area contributed by atoms with Crippen LogP contribution in [0.4, 0.5) is 0 Å². The lowest BCUT2D eigenvalue weighted by Crippen LogP contribution is -2.37. The Morgan fingerprint density at radius 1 is 1.21 bits per heavy atom. The molecule has 0 saturated heterocycles. The van der Waals surface area contributed by atoms with Gasteiger partial charge in [0.25, 0.3) is 0 Å². The number of nitrogens with zero attached hydrogens (tertiary/aromatic N) is 1. The van der Waals surface area contributed by atoms with Crippen LogP contribution in [0.2, 0.25) is 0 Å². The van der Waals surface area contributed by atoms with E-state index in [0.29, 0.717) is 5.92 Å². The summed E-state index contributed by atoms with van der Waals surface area (Å²) < 4.78 is 11.1. The van der Waals surface area contributed by atoms with E-state index >= 15 is 0 Å². The van der Waals surface area contributed by atoms with Crippen LogP contribution in [-0.2, 0) is 11.3 Å². The minimum absolute atomic E-state index is 0.525. The average molecular weight is 335 g/mol. The molecule has 0 aliphatic heterocycles. The summed E-state index contributed by atoms with van der Waals surface area (Å²) >= 11 is 0. The molecule has 0 saturated carbocycles. The topological polar surface area (TPSA) is 54.9 Å². The summed E-state index contributed by atoms with van der Waals surface area (Å²) in [5.74, 6) is 2.26. The van der Waals surface area contributed by atoms with Crippen LogP contribution in [-0.4, -0.2) is 39.4 Å². The number of benzene rings is 1. The van der Waals surface area contributed by atoms with Crippen LogP contribution in [0.1, 0.15) is 39.2 Å². The Labute approximate surface area is 146 Å². The van der Waals surface area contributed by atoms with Gasteiger partial charge in [-0.1, -0.05) is 26.0 Å². The minimum atomic E-state index is 0.525. The van der Waals surface area contributed by atoms with E-state index in [1.165, 1.54) is 5.56 Å². The van der Waals surface area contributed by atoms with Crippen molar-refractivity contribution in [2.24, 2.45) is 10.9 Å². The van der Waals surface area contributed by atoms with Crippen LogP contribution < -0.4 is 15.4 Å². The first-order chi connectivity index (χ1) is 11.7. The van der Waals surface area contributed by atoms with E-state index in [1.54, 1.807) is 7.05 Å². The molecule has 1 aromatic carbocycles. The van der Waals surface area contributed by atoms with Crippen molar-refractivity contribution >= 4 is 5.96 Å². The van der Waals surface area contributed by atoms with E-state index in [1.807, 2.05) is 19.1 Å². The number of guanidine groups is 1. The Kier molecular flexibility index (Phi) is 10.7. The number of hydrogen-bond acceptors (Lipinski definition) is 3. The van der Waals surface area contributed by atoms with E-state index in [-0.39, 0.29) is 0 Å². The van der Waals surface area contributed by atoms with Gasteiger partial charge >= 0.3 is 0 Å². The molecule has 0 spiro atoms. The molecule has 1 rings (SSSR count). The van der Waals surface area contributed by atoms with Crippen molar-refractivity contribution in [1.82, 2.24) is 10.6 Å². The Bertz CT molecular complexity index is 475. The first-order valence-electron chi connectivity index (χ1n) is 8.89. The molecule has 0 atom stereocenters. The van der Waals surface area contributed by atoms with E-state index in [9.17, 15) is 0 Å². The highest BCUT2D eigenvalue weighted by molar-refractivity contribution is 5.79. The lowest BCUT2D eigenvalue weighted by molar-refractivity contribution is 0.143. The Morgan fingerprint density at radius 2 is 2.04 bits per heavy atom. The Hall–Kier alpha value is -1.75. The predicted molar refractivity (Wildman–Crippen MR) is 101 cm³/mol. The molecule has 0 aromatic heterocycles. The molecule has 1 aromatic rings. The van der Waals surface area contributed by atoms with Gasteiger partial charge in [0.15, 0.2) is 5.96 Å². The maximum absolute atomic E-state index is 5.77. The third kappa shape index (κ3) is 9.40. The van der Waals surface area contributed by atoms with Gasteiger partial charge in [-0.05, 0) is 43.4 Å². The maximum atomic E-state index is 5.77. The summed E-state index contributed by atoms with van der Waals surface area (Å²) in [7, 11) is 1.79. The molecule has 24 heavy (non-hydrogen) atoms. The van der Waals surface area contributed by atoms with Crippen LogP contribution in [0, 0.1) is 5.92 Å². The van der Waals surface area contributed by atoms with Crippen molar-refractivity contribution < 1.29 is 9.47 Å². The fourth-order valence-electron chi connectivity index (χ4n) is 2.09. The van der Waals surface area contributed by atoms with Gasteiger partial charge in [-0.15, -0.1) is 0 Å². The summed E-state index contributed by atoms with van der Waals surface area (Å²) in [6.07, 6.45) is 2.13. The molecule has 2 N–H and O–H groups in total. The molecule has 0 amide bonds.